The number of nitrogens with one attached hydrogen (secondary N) is 2. The van der Waals surface area contributed by atoms with E-state index in [1.54, 1.807) is 25.1 Å². The topological polar surface area (TPSA) is 41.1 Å². The van der Waals surface area contributed by atoms with E-state index in [1.807, 2.05) is 32.0 Å². The second-order valence-corrected chi connectivity index (χ2v) is 8.36. The van der Waals surface area contributed by atoms with Crippen LogP contribution in [0.5, 0.6) is 0 Å². The Labute approximate surface area is 164 Å². The molecule has 0 saturated carbocycles. The predicted octanol–water partition coefficient (Wildman–Crippen LogP) is 4.61. The fraction of sp³-hybridized carbons (Fsp3) is 0.381. The van der Waals surface area contributed by atoms with Gasteiger partial charge in [-0.1, -0.05) is 62.2 Å². The normalized spacial score (nSPS) is 13.4. The minimum atomic E-state index is -1.49. The number of carbonyl (C=O) groups is 1. The van der Waals surface area contributed by atoms with E-state index in [2.05, 4.69) is 10.0 Å². The van der Waals surface area contributed by atoms with Crippen molar-refractivity contribution in [2.75, 3.05) is 13.1 Å². The van der Waals surface area contributed by atoms with Crippen molar-refractivity contribution in [3.63, 3.8) is 0 Å². The Hall–Kier alpha value is -1.92. The maximum atomic E-state index is 14.9. The monoisotopic (exact) mass is 392 g/mol. The Bertz CT molecular complexity index is 748. The molecule has 0 radical (unpaired) electrons. The van der Waals surface area contributed by atoms with Crippen LogP contribution in [0, 0.1) is 5.82 Å². The minimum Gasteiger partial charge on any atom is -0.358 e. The van der Waals surface area contributed by atoms with E-state index in [0.29, 0.717) is 35.8 Å². The maximum Gasteiger partial charge on any atom is 0.207 e. The summed E-state index contributed by atoms with van der Waals surface area (Å²) in [6.45, 7) is 6.26. The third-order valence-corrected chi connectivity index (χ3v) is 5.00. The molecule has 0 aliphatic carbocycles. The summed E-state index contributed by atoms with van der Waals surface area (Å²) in [6, 6.07) is 12.1. The summed E-state index contributed by atoms with van der Waals surface area (Å²) in [5, 5.41) is 2.91. The largest absolute Gasteiger partial charge is 0.358 e. The number of amides is 1. The Morgan fingerprint density at radius 2 is 1.81 bits per heavy atom. The molecule has 3 nitrogen and oxygen atoms in total. The first-order valence-corrected chi connectivity index (χ1v) is 9.85. The Kier molecular flexibility index (Phi) is 7.80. The summed E-state index contributed by atoms with van der Waals surface area (Å²) in [5.41, 5.74) is 1.21. The van der Waals surface area contributed by atoms with E-state index in [9.17, 15) is 13.6 Å². The van der Waals surface area contributed by atoms with Gasteiger partial charge in [0, 0.05) is 18.3 Å². The number of hydrogen-bond donors (Lipinski definition) is 2. The van der Waals surface area contributed by atoms with Crippen LogP contribution in [0.2, 0.25) is 0 Å². The second kappa shape index (κ2) is 9.85. The van der Waals surface area contributed by atoms with Gasteiger partial charge in [-0.15, -0.1) is 0 Å². The Balaban J connectivity index is 2.08. The molecule has 2 aromatic rings. The third kappa shape index (κ3) is 6.33. The van der Waals surface area contributed by atoms with Gasteiger partial charge in [0.2, 0.25) is 6.41 Å². The average Bonchev–Trinajstić information content (AvgIpc) is 2.63. The smallest absolute Gasteiger partial charge is 0.207 e. The third-order valence-electron chi connectivity index (χ3n) is 4.22. The van der Waals surface area contributed by atoms with Gasteiger partial charge in [0.1, 0.15) is 11.5 Å². The zero-order chi connectivity index (χ0) is 19.9. The quantitative estimate of drug-likeness (QED) is 0.352. The van der Waals surface area contributed by atoms with Crippen molar-refractivity contribution in [1.82, 2.24) is 10.0 Å². The molecule has 1 atom stereocenters. The number of hydrogen-bond acceptors (Lipinski definition) is 3. The first-order chi connectivity index (χ1) is 12.8. The minimum absolute atomic E-state index is 0.216. The summed E-state index contributed by atoms with van der Waals surface area (Å²) >= 11 is 1.51. The summed E-state index contributed by atoms with van der Waals surface area (Å²) in [4.78, 5) is 10.3. The van der Waals surface area contributed by atoms with Crippen LogP contribution in [0.3, 0.4) is 0 Å². The molecule has 27 heavy (non-hydrogen) atoms. The molecule has 0 heterocycles. The van der Waals surface area contributed by atoms with Crippen molar-refractivity contribution in [3.05, 3.63) is 59.4 Å². The van der Waals surface area contributed by atoms with E-state index >= 15 is 0 Å². The molecule has 0 fully saturated rings. The van der Waals surface area contributed by atoms with Crippen molar-refractivity contribution in [3.8, 4) is 11.1 Å². The lowest BCUT2D eigenvalue weighted by molar-refractivity contribution is -0.109. The van der Waals surface area contributed by atoms with E-state index in [4.69, 9.17) is 0 Å². The molecule has 0 spiro atoms. The molecule has 0 saturated heterocycles. The van der Waals surface area contributed by atoms with Crippen molar-refractivity contribution < 1.29 is 13.6 Å². The fourth-order valence-electron chi connectivity index (χ4n) is 2.65. The van der Waals surface area contributed by atoms with Gasteiger partial charge in [0.05, 0.1) is 0 Å². The zero-order valence-corrected chi connectivity index (χ0v) is 16.7. The van der Waals surface area contributed by atoms with Crippen molar-refractivity contribution in [2.45, 2.75) is 38.1 Å². The van der Waals surface area contributed by atoms with Crippen LogP contribution in [-0.4, -0.2) is 24.7 Å². The van der Waals surface area contributed by atoms with Crippen LogP contribution >= 0.6 is 11.9 Å². The van der Waals surface area contributed by atoms with Gasteiger partial charge in [0.15, 0.2) is 0 Å². The van der Waals surface area contributed by atoms with Gasteiger partial charge < -0.3 is 5.32 Å². The van der Waals surface area contributed by atoms with Crippen molar-refractivity contribution in [1.29, 1.82) is 0 Å². The van der Waals surface area contributed by atoms with Gasteiger partial charge in [-0.3, -0.25) is 9.52 Å². The number of rotatable bonds is 10. The lowest BCUT2D eigenvalue weighted by Crippen LogP contribution is -2.29. The standard InChI is InChI=1S/C21H26F2N2OS/c1-15(2)27-25-13-21(3,23)19-8-6-16(7-9-19)18-5-4-17(20(22)12-18)10-11-24-14-26/h4-9,12,14-15,25H,10-11,13H2,1-3H3,(H,24,26). The fourth-order valence-corrected chi connectivity index (χ4v) is 3.34. The molecule has 2 N–H and O–H groups in total. The average molecular weight is 393 g/mol. The van der Waals surface area contributed by atoms with Crippen molar-refractivity contribution >= 4 is 18.4 Å². The van der Waals surface area contributed by atoms with Gasteiger partial charge >= 0.3 is 0 Å². The summed E-state index contributed by atoms with van der Waals surface area (Å²) in [6.07, 6.45) is 1.04. The van der Waals surface area contributed by atoms with E-state index in [-0.39, 0.29) is 12.4 Å². The van der Waals surface area contributed by atoms with Crippen molar-refractivity contribution in [2.24, 2.45) is 0 Å². The maximum absolute atomic E-state index is 14.9. The highest BCUT2D eigenvalue weighted by atomic mass is 32.2. The summed E-state index contributed by atoms with van der Waals surface area (Å²) in [7, 11) is 0. The molecule has 1 amide bonds. The predicted molar refractivity (Wildman–Crippen MR) is 109 cm³/mol. The van der Waals surface area contributed by atoms with Gasteiger partial charge in [0.25, 0.3) is 0 Å². The molecule has 2 rings (SSSR count). The molecule has 0 aliphatic rings. The lowest BCUT2D eigenvalue weighted by atomic mass is 9.95. The van der Waals surface area contributed by atoms with Crippen LogP contribution < -0.4 is 10.0 Å². The highest BCUT2D eigenvalue weighted by molar-refractivity contribution is 7.97. The first-order valence-electron chi connectivity index (χ1n) is 8.97. The summed E-state index contributed by atoms with van der Waals surface area (Å²) < 4.78 is 32.2. The number of halogens is 2. The number of alkyl halides is 1. The molecule has 0 bridgehead atoms. The van der Waals surface area contributed by atoms with Crippen LogP contribution in [-0.2, 0) is 16.9 Å². The van der Waals surface area contributed by atoms with E-state index in [0.717, 1.165) is 11.1 Å². The molecule has 6 heteroatoms. The molecule has 0 aromatic heterocycles. The molecular weight excluding hydrogens is 366 g/mol. The highest BCUT2D eigenvalue weighted by Gasteiger charge is 2.25. The first kappa shape index (κ1) is 21.4. The molecule has 2 aromatic carbocycles. The SMILES string of the molecule is CC(C)SNCC(C)(F)c1ccc(-c2ccc(CCNC=O)c(F)c2)cc1. The lowest BCUT2D eigenvalue weighted by Gasteiger charge is -2.22. The molecule has 1 unspecified atom stereocenters. The van der Waals surface area contributed by atoms with Gasteiger partial charge in [-0.25, -0.2) is 8.78 Å². The summed E-state index contributed by atoms with van der Waals surface area (Å²) in [5.74, 6) is -0.311. The number of benzene rings is 2. The molecular formula is C21H26F2N2OS. The van der Waals surface area contributed by atoms with E-state index in [1.165, 1.54) is 18.0 Å². The van der Waals surface area contributed by atoms with Crippen LogP contribution in [0.4, 0.5) is 8.78 Å². The van der Waals surface area contributed by atoms with Gasteiger partial charge in [-0.05, 0) is 41.7 Å². The molecule has 0 aliphatic heterocycles. The van der Waals surface area contributed by atoms with Crippen LogP contribution in [0.25, 0.3) is 11.1 Å². The number of carbonyl (C=O) groups excluding carboxylic acids is 1. The van der Waals surface area contributed by atoms with Crippen LogP contribution in [0.1, 0.15) is 31.9 Å². The Morgan fingerprint density at radius 1 is 1.15 bits per heavy atom. The molecule has 146 valence electrons. The second-order valence-electron chi connectivity index (χ2n) is 6.89. The Morgan fingerprint density at radius 3 is 2.41 bits per heavy atom. The van der Waals surface area contributed by atoms with Crippen LogP contribution in [0.15, 0.2) is 42.5 Å². The highest BCUT2D eigenvalue weighted by Crippen LogP contribution is 2.29. The van der Waals surface area contributed by atoms with E-state index < -0.39 is 5.67 Å². The van der Waals surface area contributed by atoms with Gasteiger partial charge in [-0.2, -0.15) is 0 Å². The zero-order valence-electron chi connectivity index (χ0n) is 15.9.